The summed E-state index contributed by atoms with van der Waals surface area (Å²) in [6.07, 6.45) is 1.46. The number of hydrogen-bond donors (Lipinski definition) is 0. The van der Waals surface area contributed by atoms with Crippen LogP contribution in [-0.4, -0.2) is 25.7 Å². The van der Waals surface area contributed by atoms with Gasteiger partial charge in [-0.15, -0.1) is 10.2 Å². The van der Waals surface area contributed by atoms with Gasteiger partial charge in [-0.3, -0.25) is 10.1 Å². The molecule has 11 heteroatoms. The smallest absolute Gasteiger partial charge is 0.343 e. The number of carbonyl (C=O) groups excluding carboxylic acids is 1. The van der Waals surface area contributed by atoms with E-state index in [0.717, 1.165) is 23.9 Å². The van der Waals surface area contributed by atoms with Gasteiger partial charge >= 0.3 is 5.97 Å². The predicted octanol–water partition coefficient (Wildman–Crippen LogP) is 4.00. The number of halogens is 2. The van der Waals surface area contributed by atoms with Crippen LogP contribution in [0.3, 0.4) is 0 Å². The molecule has 3 rings (SSSR count). The maximum atomic E-state index is 13.8. The highest BCUT2D eigenvalue weighted by Gasteiger charge is 2.21. The minimum atomic E-state index is -0.908. The van der Waals surface area contributed by atoms with Crippen LogP contribution in [-0.2, 0) is 7.05 Å². The number of rotatable bonds is 5. The van der Waals surface area contributed by atoms with E-state index in [9.17, 15) is 19.3 Å². The van der Waals surface area contributed by atoms with Crippen LogP contribution in [0.4, 0.5) is 10.1 Å². The van der Waals surface area contributed by atoms with Gasteiger partial charge < -0.3 is 9.30 Å². The molecule has 0 bridgehead atoms. The Kier molecular flexibility index (Phi) is 5.51. The molecule has 0 aliphatic heterocycles. The number of aryl methyl sites for hydroxylation is 1. The number of nitro benzene ring substituents is 1. The number of aromatic nitrogens is 3. The molecule has 0 aliphatic rings. The molecule has 27 heavy (non-hydrogen) atoms. The Morgan fingerprint density at radius 1 is 1.33 bits per heavy atom. The standard InChI is InChI=1S/C16H10BrFN4O4S/c1-21-8-19-20-16(21)27-14-5-2-9(6-12(14)22(24)25)15(23)26-13-4-3-10(17)7-11(13)18/h2-8H,1H3. The first-order chi connectivity index (χ1) is 12.8. The number of carbonyl (C=O) groups is 1. The first kappa shape index (κ1) is 19.0. The highest BCUT2D eigenvalue weighted by atomic mass is 79.9. The van der Waals surface area contributed by atoms with Crippen molar-refractivity contribution in [1.82, 2.24) is 14.8 Å². The van der Waals surface area contributed by atoms with Gasteiger partial charge in [0.2, 0.25) is 0 Å². The van der Waals surface area contributed by atoms with Crippen molar-refractivity contribution in [3.63, 3.8) is 0 Å². The summed E-state index contributed by atoms with van der Waals surface area (Å²) in [6, 6.07) is 7.79. The quantitative estimate of drug-likeness (QED) is 0.249. The summed E-state index contributed by atoms with van der Waals surface area (Å²) in [5.74, 6) is -1.92. The molecule has 0 fully saturated rings. The monoisotopic (exact) mass is 452 g/mol. The summed E-state index contributed by atoms with van der Waals surface area (Å²) >= 11 is 4.14. The van der Waals surface area contributed by atoms with Crippen molar-refractivity contribution >= 4 is 39.3 Å². The van der Waals surface area contributed by atoms with Gasteiger partial charge in [0.1, 0.15) is 6.33 Å². The molecule has 0 saturated carbocycles. The molecule has 0 spiro atoms. The lowest BCUT2D eigenvalue weighted by molar-refractivity contribution is -0.387. The molecule has 0 atom stereocenters. The van der Waals surface area contributed by atoms with Gasteiger partial charge in [0.05, 0.1) is 15.4 Å². The van der Waals surface area contributed by atoms with E-state index >= 15 is 0 Å². The van der Waals surface area contributed by atoms with Crippen molar-refractivity contribution in [2.24, 2.45) is 7.05 Å². The van der Waals surface area contributed by atoms with Crippen molar-refractivity contribution < 1.29 is 18.8 Å². The van der Waals surface area contributed by atoms with E-state index < -0.39 is 16.7 Å². The van der Waals surface area contributed by atoms with Crippen LogP contribution in [0.5, 0.6) is 5.75 Å². The van der Waals surface area contributed by atoms with Crippen molar-refractivity contribution in [1.29, 1.82) is 0 Å². The molecular weight excluding hydrogens is 443 g/mol. The van der Waals surface area contributed by atoms with Crippen LogP contribution in [0.2, 0.25) is 0 Å². The average molecular weight is 453 g/mol. The maximum absolute atomic E-state index is 13.8. The molecule has 1 heterocycles. The zero-order chi connectivity index (χ0) is 19.6. The lowest BCUT2D eigenvalue weighted by Crippen LogP contribution is -2.10. The molecular formula is C16H10BrFN4O4S. The molecule has 8 nitrogen and oxygen atoms in total. The fourth-order valence-electron chi connectivity index (χ4n) is 2.05. The van der Waals surface area contributed by atoms with Crippen LogP contribution < -0.4 is 4.74 Å². The first-order valence-corrected chi connectivity index (χ1v) is 8.93. The average Bonchev–Trinajstić information content (AvgIpc) is 3.02. The third-order valence-corrected chi connectivity index (χ3v) is 4.97. The van der Waals surface area contributed by atoms with Gasteiger partial charge in [-0.1, -0.05) is 15.9 Å². The van der Waals surface area contributed by atoms with Gasteiger partial charge in [0.25, 0.3) is 5.69 Å². The zero-order valence-corrected chi connectivity index (χ0v) is 16.0. The van der Waals surface area contributed by atoms with Crippen LogP contribution in [0.1, 0.15) is 10.4 Å². The molecule has 0 amide bonds. The van der Waals surface area contributed by atoms with Gasteiger partial charge in [0, 0.05) is 17.6 Å². The SMILES string of the molecule is Cn1cnnc1Sc1ccc(C(=O)Oc2ccc(Br)cc2F)cc1[N+](=O)[O-]. The fraction of sp³-hybridized carbons (Fsp3) is 0.0625. The first-order valence-electron chi connectivity index (χ1n) is 7.32. The Labute approximate surface area is 164 Å². The summed E-state index contributed by atoms with van der Waals surface area (Å²) in [5, 5.41) is 19.4. The second-order valence-electron chi connectivity index (χ2n) is 5.23. The van der Waals surface area contributed by atoms with Crippen LogP contribution >= 0.6 is 27.7 Å². The minimum Gasteiger partial charge on any atom is -0.420 e. The summed E-state index contributed by atoms with van der Waals surface area (Å²) in [5.41, 5.74) is -0.375. The maximum Gasteiger partial charge on any atom is 0.343 e. The Morgan fingerprint density at radius 3 is 2.74 bits per heavy atom. The number of nitro groups is 1. The van der Waals surface area contributed by atoms with Gasteiger partial charge in [0.15, 0.2) is 16.7 Å². The van der Waals surface area contributed by atoms with Crippen LogP contribution in [0.15, 0.2) is 57.3 Å². The van der Waals surface area contributed by atoms with Crippen molar-refractivity contribution in [3.05, 3.63) is 68.7 Å². The molecule has 0 saturated heterocycles. The van der Waals surface area contributed by atoms with E-state index in [-0.39, 0.29) is 21.9 Å². The molecule has 3 aromatic rings. The number of ether oxygens (including phenoxy) is 1. The summed E-state index contributed by atoms with van der Waals surface area (Å²) in [7, 11) is 1.70. The largest absolute Gasteiger partial charge is 0.420 e. The molecule has 0 unspecified atom stereocenters. The molecule has 1 aromatic heterocycles. The minimum absolute atomic E-state index is 0.0775. The van der Waals surface area contributed by atoms with Crippen molar-refractivity contribution in [2.75, 3.05) is 0 Å². The van der Waals surface area contributed by atoms with Crippen molar-refractivity contribution in [2.45, 2.75) is 10.1 Å². The highest BCUT2D eigenvalue weighted by molar-refractivity contribution is 9.10. The van der Waals surface area contributed by atoms with E-state index in [2.05, 4.69) is 26.1 Å². The summed E-state index contributed by atoms with van der Waals surface area (Å²) in [4.78, 5) is 23.3. The van der Waals surface area contributed by atoms with Gasteiger partial charge in [-0.25, -0.2) is 9.18 Å². The molecule has 0 N–H and O–H groups in total. The van der Waals surface area contributed by atoms with E-state index in [4.69, 9.17) is 4.74 Å². The Balaban J connectivity index is 1.88. The topological polar surface area (TPSA) is 100 Å². The third kappa shape index (κ3) is 4.31. The highest BCUT2D eigenvalue weighted by Crippen LogP contribution is 2.34. The summed E-state index contributed by atoms with van der Waals surface area (Å²) in [6.45, 7) is 0. The van der Waals surface area contributed by atoms with Crippen LogP contribution in [0.25, 0.3) is 0 Å². The van der Waals surface area contributed by atoms with E-state index in [0.29, 0.717) is 9.63 Å². The Morgan fingerprint density at radius 2 is 2.11 bits per heavy atom. The lowest BCUT2D eigenvalue weighted by atomic mass is 10.2. The van der Waals surface area contributed by atoms with Gasteiger partial charge in [-0.05, 0) is 42.1 Å². The predicted molar refractivity (Wildman–Crippen MR) is 97.3 cm³/mol. The number of benzene rings is 2. The Bertz CT molecular complexity index is 1040. The van der Waals surface area contributed by atoms with Gasteiger partial charge in [-0.2, -0.15) is 0 Å². The normalized spacial score (nSPS) is 10.6. The van der Waals surface area contributed by atoms with Crippen LogP contribution in [0, 0.1) is 15.9 Å². The summed E-state index contributed by atoms with van der Waals surface area (Å²) < 4.78 is 20.9. The number of hydrogen-bond acceptors (Lipinski definition) is 7. The molecule has 2 aromatic carbocycles. The molecule has 0 radical (unpaired) electrons. The van der Waals surface area contributed by atoms with Crippen molar-refractivity contribution in [3.8, 4) is 5.75 Å². The van der Waals surface area contributed by atoms with E-state index in [1.165, 1.54) is 30.6 Å². The van der Waals surface area contributed by atoms with E-state index in [1.54, 1.807) is 11.6 Å². The van der Waals surface area contributed by atoms with E-state index in [1.807, 2.05) is 0 Å². The fourth-order valence-corrected chi connectivity index (χ4v) is 3.24. The zero-order valence-electron chi connectivity index (χ0n) is 13.6. The number of nitrogens with zero attached hydrogens (tertiary/aromatic N) is 4. The molecule has 138 valence electrons. The second kappa shape index (κ2) is 7.84. The lowest BCUT2D eigenvalue weighted by Gasteiger charge is -2.07. The Hall–Kier alpha value is -2.79. The third-order valence-electron chi connectivity index (χ3n) is 3.36. The molecule has 0 aliphatic carbocycles. The second-order valence-corrected chi connectivity index (χ2v) is 7.16. The number of esters is 1.